The van der Waals surface area contributed by atoms with E-state index in [1.165, 1.54) is 13.8 Å². The highest BCUT2D eigenvalue weighted by molar-refractivity contribution is 6.01. The average molecular weight is 814 g/mol. The summed E-state index contributed by atoms with van der Waals surface area (Å²) >= 11 is 0. The highest BCUT2D eigenvalue weighted by atomic mass is 16.4. The van der Waals surface area contributed by atoms with Gasteiger partial charge < -0.3 is 53.8 Å². The zero-order chi connectivity index (χ0) is 43.5. The fourth-order valence-electron chi connectivity index (χ4n) is 6.06. The molecule has 0 radical (unpaired) electrons. The molecule has 1 fully saturated rings. The topological polar surface area (TPSA) is 327 Å². The highest BCUT2D eigenvalue weighted by Gasteiger charge is 2.35. The van der Waals surface area contributed by atoms with E-state index in [-0.39, 0.29) is 18.3 Å². The van der Waals surface area contributed by atoms with Gasteiger partial charge in [0.05, 0.1) is 13.0 Å². The lowest BCUT2D eigenvalue weighted by atomic mass is 9.83. The first-order chi connectivity index (χ1) is 27.3. The maximum atomic E-state index is 13.5. The lowest BCUT2D eigenvalue weighted by Gasteiger charge is -2.32. The molecule has 1 aromatic carbocycles. The molecule has 20 nitrogen and oxygen atoms in total. The summed E-state index contributed by atoms with van der Waals surface area (Å²) in [5.74, 6) is -9.52. The van der Waals surface area contributed by atoms with Gasteiger partial charge in [0.2, 0.25) is 53.2 Å². The molecule has 318 valence electrons. The summed E-state index contributed by atoms with van der Waals surface area (Å²) in [6.07, 6.45) is 4.37. The minimum absolute atomic E-state index is 0.00972. The number of aliphatic carboxylic acids is 1. The first-order valence-corrected chi connectivity index (χ1v) is 18.9. The minimum atomic E-state index is -1.58. The second-order valence-corrected chi connectivity index (χ2v) is 14.4. The van der Waals surface area contributed by atoms with E-state index in [4.69, 9.17) is 11.5 Å². The van der Waals surface area contributed by atoms with Crippen LogP contribution >= 0.6 is 0 Å². The monoisotopic (exact) mass is 813 g/mol. The van der Waals surface area contributed by atoms with Gasteiger partial charge in [0.25, 0.3) is 0 Å². The zero-order valence-corrected chi connectivity index (χ0v) is 33.0. The third-order valence-electron chi connectivity index (χ3n) is 9.24. The number of nitrogens with one attached hydrogen (secondary N) is 7. The van der Waals surface area contributed by atoms with Crippen LogP contribution in [0.25, 0.3) is 0 Å². The second kappa shape index (κ2) is 23.7. The van der Waals surface area contributed by atoms with Crippen LogP contribution in [0.5, 0.6) is 0 Å². The fraction of sp³-hybridized carbons (Fsp3) is 0.526. The Morgan fingerprint density at radius 1 is 0.690 bits per heavy atom. The Kier molecular flexibility index (Phi) is 19.5. The Balaban J connectivity index is 2.00. The van der Waals surface area contributed by atoms with Gasteiger partial charge in [-0.1, -0.05) is 63.4 Å². The molecule has 1 aliphatic carbocycles. The smallest absolute Gasteiger partial charge is 0.326 e. The van der Waals surface area contributed by atoms with Gasteiger partial charge in [-0.2, -0.15) is 0 Å². The van der Waals surface area contributed by atoms with E-state index >= 15 is 0 Å². The van der Waals surface area contributed by atoms with Crippen molar-refractivity contribution in [3.63, 3.8) is 0 Å². The van der Waals surface area contributed by atoms with Crippen molar-refractivity contribution in [3.8, 4) is 0 Å². The third-order valence-corrected chi connectivity index (χ3v) is 9.24. The number of carboxylic acid groups (broad SMARTS) is 1. The zero-order valence-electron chi connectivity index (χ0n) is 33.0. The number of hydrogen-bond donors (Lipinski definition) is 10. The van der Waals surface area contributed by atoms with Gasteiger partial charge in [-0.15, -0.1) is 0 Å². The largest absolute Gasteiger partial charge is 0.480 e. The molecule has 1 saturated carbocycles. The molecule has 2 rings (SSSR count). The molecule has 6 atom stereocenters. The quantitative estimate of drug-likeness (QED) is 0.0547. The molecule has 9 amide bonds. The number of hydrogen-bond acceptors (Lipinski definition) is 10. The summed E-state index contributed by atoms with van der Waals surface area (Å²) in [5.41, 5.74) is 11.4. The summed E-state index contributed by atoms with van der Waals surface area (Å²) < 4.78 is 0. The summed E-state index contributed by atoms with van der Waals surface area (Å²) in [7, 11) is 0. The van der Waals surface area contributed by atoms with Crippen LogP contribution < -0.4 is 48.7 Å². The first kappa shape index (κ1) is 47.8. The van der Waals surface area contributed by atoms with Gasteiger partial charge in [0, 0.05) is 18.6 Å². The molecule has 0 bridgehead atoms. The van der Waals surface area contributed by atoms with Crippen molar-refractivity contribution < 1.29 is 53.1 Å². The maximum absolute atomic E-state index is 13.5. The van der Waals surface area contributed by atoms with Crippen molar-refractivity contribution in [2.45, 2.75) is 109 Å². The predicted molar refractivity (Wildman–Crippen MR) is 207 cm³/mol. The average Bonchev–Trinajstić information content (AvgIpc) is 3.16. The van der Waals surface area contributed by atoms with Gasteiger partial charge in [0.15, 0.2) is 0 Å². The number of benzene rings is 1. The number of carbonyl (C=O) groups excluding carboxylic acids is 9. The summed E-state index contributed by atoms with van der Waals surface area (Å²) in [6.45, 7) is 5.46. The Morgan fingerprint density at radius 2 is 1.28 bits per heavy atom. The van der Waals surface area contributed by atoms with E-state index in [0.717, 1.165) is 31.4 Å². The summed E-state index contributed by atoms with van der Waals surface area (Å²) in [4.78, 5) is 125. The third kappa shape index (κ3) is 16.8. The molecule has 0 unspecified atom stereocenters. The van der Waals surface area contributed by atoms with Gasteiger partial charge in [-0.05, 0) is 44.1 Å². The molecule has 20 heteroatoms. The minimum Gasteiger partial charge on any atom is -0.480 e. The van der Waals surface area contributed by atoms with Crippen LogP contribution in [-0.4, -0.2) is 107 Å². The van der Waals surface area contributed by atoms with Gasteiger partial charge >= 0.3 is 5.97 Å². The van der Waals surface area contributed by atoms with Crippen LogP contribution in [0.3, 0.4) is 0 Å². The molecule has 58 heavy (non-hydrogen) atoms. The molecular weight excluding hydrogens is 758 g/mol. The lowest BCUT2D eigenvalue weighted by Crippen LogP contribution is -2.60. The Bertz CT molecular complexity index is 1700. The normalized spacial score (nSPS) is 15.9. The highest BCUT2D eigenvalue weighted by Crippen LogP contribution is 2.27. The Morgan fingerprint density at radius 3 is 1.83 bits per heavy atom. The van der Waals surface area contributed by atoms with Gasteiger partial charge in [-0.25, -0.2) is 4.79 Å². The van der Waals surface area contributed by atoms with Crippen molar-refractivity contribution in [1.82, 2.24) is 37.2 Å². The van der Waals surface area contributed by atoms with E-state index < -0.39 is 108 Å². The van der Waals surface area contributed by atoms with E-state index in [1.54, 1.807) is 44.2 Å². The van der Waals surface area contributed by atoms with Crippen LogP contribution in [0, 0.1) is 11.8 Å². The molecule has 0 aromatic heterocycles. The van der Waals surface area contributed by atoms with E-state index in [1.807, 2.05) is 0 Å². The molecule has 0 aliphatic heterocycles. The molecule has 0 heterocycles. The fourth-order valence-corrected chi connectivity index (χ4v) is 6.06. The molecule has 12 N–H and O–H groups in total. The molecule has 0 spiro atoms. The Hall–Kier alpha value is -6.34. The number of amides is 9. The van der Waals surface area contributed by atoms with Crippen molar-refractivity contribution in [3.05, 3.63) is 48.0 Å². The second-order valence-electron chi connectivity index (χ2n) is 14.4. The maximum Gasteiger partial charge on any atom is 0.326 e. The number of carboxylic acids is 1. The van der Waals surface area contributed by atoms with Gasteiger partial charge in [-0.3, -0.25) is 43.2 Å². The SMILES string of the molecule is CC(C)[C@H](NC(=O)[C@H](C)NC(=O)[C@@H](NC(=O)[C@H](CC(N)=O)NC(=O)/C=C/C(=O)N[C@@H](C)C(=O)NCC(=O)N[C@@H](Cc1ccccc1)C(=O)O)C1CCCCC1)C(N)=O. The van der Waals surface area contributed by atoms with Crippen LogP contribution in [-0.2, 0) is 54.4 Å². The molecular formula is C38H55N9O11. The summed E-state index contributed by atoms with van der Waals surface area (Å²) in [5, 5.41) is 26.3. The number of rotatable bonds is 22. The van der Waals surface area contributed by atoms with Crippen LogP contribution in [0.1, 0.15) is 71.8 Å². The van der Waals surface area contributed by atoms with Crippen molar-refractivity contribution in [2.75, 3.05) is 6.54 Å². The number of nitrogens with two attached hydrogens (primary N) is 2. The van der Waals surface area contributed by atoms with Crippen molar-refractivity contribution in [2.24, 2.45) is 23.3 Å². The standard InChI is InChI=1S/C38H55N9O11/c1-20(2)31(33(40)52)46-35(54)22(4)43-37(56)32(24-13-9-6-10-14-24)47-36(55)25(18-27(39)48)44-29(50)16-15-28(49)42-21(3)34(53)41-19-30(51)45-26(38(57)58)17-23-11-7-5-8-12-23/h5,7-8,11-12,15-16,20-22,24-26,31-32H,6,9-10,13-14,17-19H2,1-4H3,(H2,39,48)(H2,40,52)(H,41,53)(H,42,49)(H,43,56)(H,44,50)(H,45,51)(H,46,54)(H,47,55)(H,57,58)/b16-15+/t21-,22-,25-,26-,31-,32-/m0/s1. The van der Waals surface area contributed by atoms with Crippen molar-refractivity contribution in [1.29, 1.82) is 0 Å². The molecule has 0 saturated heterocycles. The van der Waals surface area contributed by atoms with Crippen LogP contribution in [0.15, 0.2) is 42.5 Å². The van der Waals surface area contributed by atoms with Gasteiger partial charge in [0.1, 0.15) is 36.3 Å². The van der Waals surface area contributed by atoms with E-state index in [0.29, 0.717) is 18.4 Å². The number of carbonyl (C=O) groups is 10. The van der Waals surface area contributed by atoms with E-state index in [9.17, 15) is 53.1 Å². The molecule has 1 aliphatic rings. The lowest BCUT2D eigenvalue weighted by molar-refractivity contribution is -0.141. The van der Waals surface area contributed by atoms with E-state index in [2.05, 4.69) is 37.2 Å². The van der Waals surface area contributed by atoms with Crippen LogP contribution in [0.4, 0.5) is 0 Å². The predicted octanol–water partition coefficient (Wildman–Crippen LogP) is -2.47. The van der Waals surface area contributed by atoms with Crippen molar-refractivity contribution >= 4 is 59.1 Å². The Labute approximate surface area is 335 Å². The van der Waals surface area contributed by atoms with Crippen LogP contribution in [0.2, 0.25) is 0 Å². The number of primary amides is 2. The summed E-state index contributed by atoms with van der Waals surface area (Å²) in [6, 6.07) is 1.25. The molecule has 1 aromatic rings. The first-order valence-electron chi connectivity index (χ1n) is 18.9.